The maximum atomic E-state index is 5.63. The fourth-order valence-electron chi connectivity index (χ4n) is 3.00. The van der Waals surface area contributed by atoms with Gasteiger partial charge in [-0.3, -0.25) is 0 Å². The normalized spacial score (nSPS) is 31.3. The van der Waals surface area contributed by atoms with Crippen molar-refractivity contribution in [3.63, 3.8) is 0 Å². The fraction of sp³-hybridized carbons (Fsp3) is 0.625. The van der Waals surface area contributed by atoms with Gasteiger partial charge in [0, 0.05) is 19.2 Å². The van der Waals surface area contributed by atoms with E-state index in [1.54, 1.807) is 0 Å². The molecule has 1 saturated heterocycles. The standard InChI is InChI=1S/C16H23NO/c1-12-4-6-13(7-5-12)14-9-15(10-14)17-11-16-3-2-8-18-16/h4-7,14-17H,2-3,8-11H2,1H3. The molecule has 1 aromatic carbocycles. The number of hydrogen-bond donors (Lipinski definition) is 1. The van der Waals surface area contributed by atoms with Crippen LogP contribution in [-0.4, -0.2) is 25.3 Å². The minimum Gasteiger partial charge on any atom is -0.377 e. The molecule has 1 N–H and O–H groups in total. The molecule has 1 unspecified atom stereocenters. The molecule has 2 heteroatoms. The van der Waals surface area contributed by atoms with E-state index in [2.05, 4.69) is 36.5 Å². The molecule has 1 aliphatic carbocycles. The van der Waals surface area contributed by atoms with Gasteiger partial charge >= 0.3 is 0 Å². The summed E-state index contributed by atoms with van der Waals surface area (Å²) in [5.41, 5.74) is 2.86. The molecule has 0 spiro atoms. The number of rotatable bonds is 4. The highest BCUT2D eigenvalue weighted by Gasteiger charge is 2.30. The first-order valence-corrected chi connectivity index (χ1v) is 7.23. The van der Waals surface area contributed by atoms with E-state index in [4.69, 9.17) is 4.74 Å². The summed E-state index contributed by atoms with van der Waals surface area (Å²) in [4.78, 5) is 0. The van der Waals surface area contributed by atoms with Gasteiger partial charge in [0.2, 0.25) is 0 Å². The lowest BCUT2D eigenvalue weighted by molar-refractivity contribution is 0.102. The molecule has 1 heterocycles. The van der Waals surface area contributed by atoms with E-state index in [0.29, 0.717) is 12.1 Å². The Labute approximate surface area is 110 Å². The summed E-state index contributed by atoms with van der Waals surface area (Å²) in [6, 6.07) is 9.73. The first kappa shape index (κ1) is 12.2. The third-order valence-electron chi connectivity index (χ3n) is 4.35. The van der Waals surface area contributed by atoms with Crippen molar-refractivity contribution in [1.82, 2.24) is 5.32 Å². The van der Waals surface area contributed by atoms with Gasteiger partial charge in [-0.15, -0.1) is 0 Å². The maximum Gasteiger partial charge on any atom is 0.0700 e. The summed E-state index contributed by atoms with van der Waals surface area (Å²) in [7, 11) is 0. The number of ether oxygens (including phenoxy) is 1. The van der Waals surface area contributed by atoms with Crippen LogP contribution in [0.1, 0.15) is 42.7 Å². The Kier molecular flexibility index (Phi) is 3.67. The van der Waals surface area contributed by atoms with Crippen molar-refractivity contribution in [1.29, 1.82) is 0 Å². The van der Waals surface area contributed by atoms with Gasteiger partial charge in [-0.2, -0.15) is 0 Å². The van der Waals surface area contributed by atoms with E-state index in [1.165, 1.54) is 36.8 Å². The van der Waals surface area contributed by atoms with Gasteiger partial charge in [0.15, 0.2) is 0 Å². The molecule has 2 aliphatic rings. The van der Waals surface area contributed by atoms with Gasteiger partial charge in [-0.05, 0) is 44.1 Å². The molecule has 2 fully saturated rings. The molecule has 2 nitrogen and oxygen atoms in total. The van der Waals surface area contributed by atoms with Crippen LogP contribution in [0.2, 0.25) is 0 Å². The first-order valence-electron chi connectivity index (χ1n) is 7.23. The molecule has 3 rings (SSSR count). The van der Waals surface area contributed by atoms with Gasteiger partial charge in [0.25, 0.3) is 0 Å². The minimum atomic E-state index is 0.475. The SMILES string of the molecule is Cc1ccc(C2CC(NCC3CCCO3)C2)cc1. The smallest absolute Gasteiger partial charge is 0.0700 e. The van der Waals surface area contributed by atoms with Crippen molar-refractivity contribution in [2.24, 2.45) is 0 Å². The Morgan fingerprint density at radius 1 is 1.22 bits per heavy atom. The molecule has 0 radical (unpaired) electrons. The molecular weight excluding hydrogens is 222 g/mol. The van der Waals surface area contributed by atoms with Crippen LogP contribution in [0, 0.1) is 6.92 Å². The molecule has 0 bridgehead atoms. The summed E-state index contributed by atoms with van der Waals surface area (Å²) < 4.78 is 5.63. The van der Waals surface area contributed by atoms with E-state index in [1.807, 2.05) is 0 Å². The van der Waals surface area contributed by atoms with Crippen LogP contribution >= 0.6 is 0 Å². The van der Waals surface area contributed by atoms with Crippen LogP contribution in [0.15, 0.2) is 24.3 Å². The van der Waals surface area contributed by atoms with Crippen LogP contribution in [0.25, 0.3) is 0 Å². The van der Waals surface area contributed by atoms with E-state index >= 15 is 0 Å². The number of hydrogen-bond acceptors (Lipinski definition) is 2. The molecular formula is C16H23NO. The summed E-state index contributed by atoms with van der Waals surface area (Å²) in [6.45, 7) is 4.16. The zero-order valence-electron chi connectivity index (χ0n) is 11.2. The lowest BCUT2D eigenvalue weighted by atomic mass is 9.75. The summed E-state index contributed by atoms with van der Waals surface area (Å²) in [5.74, 6) is 0.771. The third kappa shape index (κ3) is 2.76. The molecule has 98 valence electrons. The van der Waals surface area contributed by atoms with Crippen LogP contribution in [0.5, 0.6) is 0 Å². The van der Waals surface area contributed by atoms with Crippen LogP contribution in [0.4, 0.5) is 0 Å². The van der Waals surface area contributed by atoms with E-state index in [9.17, 15) is 0 Å². The lowest BCUT2D eigenvalue weighted by Crippen LogP contribution is -2.43. The molecule has 1 aliphatic heterocycles. The molecule has 1 aromatic rings. The second kappa shape index (κ2) is 5.41. The maximum absolute atomic E-state index is 5.63. The summed E-state index contributed by atoms with van der Waals surface area (Å²) in [5, 5.41) is 3.65. The number of nitrogens with one attached hydrogen (secondary N) is 1. The van der Waals surface area contributed by atoms with Crippen molar-refractivity contribution in [3.8, 4) is 0 Å². The number of benzene rings is 1. The Balaban J connectivity index is 1.41. The molecule has 1 saturated carbocycles. The molecule has 1 atom stereocenters. The largest absolute Gasteiger partial charge is 0.377 e. The zero-order chi connectivity index (χ0) is 12.4. The van der Waals surface area contributed by atoms with Crippen molar-refractivity contribution < 1.29 is 4.74 Å². The van der Waals surface area contributed by atoms with Crippen molar-refractivity contribution in [2.75, 3.05) is 13.2 Å². The fourth-order valence-corrected chi connectivity index (χ4v) is 3.00. The van der Waals surface area contributed by atoms with Crippen LogP contribution in [-0.2, 0) is 4.74 Å². The van der Waals surface area contributed by atoms with Crippen LogP contribution < -0.4 is 5.32 Å². The second-order valence-electron chi connectivity index (χ2n) is 5.82. The molecule has 0 aromatic heterocycles. The minimum absolute atomic E-state index is 0.475. The summed E-state index contributed by atoms with van der Waals surface area (Å²) in [6.07, 6.45) is 5.53. The van der Waals surface area contributed by atoms with E-state index in [-0.39, 0.29) is 0 Å². The third-order valence-corrected chi connectivity index (χ3v) is 4.35. The van der Waals surface area contributed by atoms with E-state index < -0.39 is 0 Å². The highest BCUT2D eigenvalue weighted by atomic mass is 16.5. The predicted molar refractivity (Wildman–Crippen MR) is 73.9 cm³/mol. The number of aryl methyl sites for hydroxylation is 1. The van der Waals surface area contributed by atoms with Crippen molar-refractivity contribution >= 4 is 0 Å². The van der Waals surface area contributed by atoms with E-state index in [0.717, 1.165) is 19.1 Å². The Hall–Kier alpha value is -0.860. The Morgan fingerprint density at radius 2 is 2.00 bits per heavy atom. The van der Waals surface area contributed by atoms with Crippen LogP contribution in [0.3, 0.4) is 0 Å². The second-order valence-corrected chi connectivity index (χ2v) is 5.82. The summed E-state index contributed by atoms with van der Waals surface area (Å²) >= 11 is 0. The monoisotopic (exact) mass is 245 g/mol. The van der Waals surface area contributed by atoms with Gasteiger partial charge in [-0.1, -0.05) is 29.8 Å². The molecule has 0 amide bonds. The predicted octanol–water partition coefficient (Wildman–Crippen LogP) is 3.01. The van der Waals surface area contributed by atoms with Crippen molar-refractivity contribution in [3.05, 3.63) is 35.4 Å². The Morgan fingerprint density at radius 3 is 2.67 bits per heavy atom. The average molecular weight is 245 g/mol. The van der Waals surface area contributed by atoms with Gasteiger partial charge in [0.1, 0.15) is 0 Å². The van der Waals surface area contributed by atoms with Gasteiger partial charge < -0.3 is 10.1 Å². The lowest BCUT2D eigenvalue weighted by Gasteiger charge is -2.37. The Bertz CT molecular complexity index is 375. The highest BCUT2D eigenvalue weighted by molar-refractivity contribution is 5.26. The quantitative estimate of drug-likeness (QED) is 0.880. The zero-order valence-corrected chi connectivity index (χ0v) is 11.2. The molecule has 18 heavy (non-hydrogen) atoms. The average Bonchev–Trinajstić information content (AvgIpc) is 2.82. The van der Waals surface area contributed by atoms with Crippen molar-refractivity contribution in [2.45, 2.75) is 50.7 Å². The topological polar surface area (TPSA) is 21.3 Å². The van der Waals surface area contributed by atoms with Gasteiger partial charge in [-0.25, -0.2) is 0 Å². The van der Waals surface area contributed by atoms with Gasteiger partial charge in [0.05, 0.1) is 6.10 Å². The highest BCUT2D eigenvalue weighted by Crippen LogP contribution is 2.36. The first-order chi connectivity index (χ1) is 8.81.